The Morgan fingerprint density at radius 1 is 1.32 bits per heavy atom. The van der Waals surface area contributed by atoms with Crippen molar-refractivity contribution in [3.63, 3.8) is 0 Å². The Balaban J connectivity index is 2.05. The van der Waals surface area contributed by atoms with Crippen LogP contribution in [0.3, 0.4) is 0 Å². The van der Waals surface area contributed by atoms with Crippen LogP contribution in [-0.2, 0) is 11.2 Å². The molecule has 0 unspecified atom stereocenters. The first-order chi connectivity index (χ1) is 9.19. The molecule has 0 bridgehead atoms. The fourth-order valence-corrected chi connectivity index (χ4v) is 2.43. The highest BCUT2D eigenvalue weighted by Gasteiger charge is 2.08. The number of hydrogen-bond donors (Lipinski definition) is 1. The number of benzene rings is 1. The number of carbonyl (C=O) groups excluding carboxylic acids is 1. The van der Waals surface area contributed by atoms with Gasteiger partial charge in [0.05, 0.1) is 6.42 Å². The van der Waals surface area contributed by atoms with E-state index in [1.807, 2.05) is 49.6 Å². The van der Waals surface area contributed by atoms with Gasteiger partial charge in [-0.2, -0.15) is 0 Å². The zero-order chi connectivity index (χ0) is 13.7. The third kappa shape index (κ3) is 3.83. The predicted molar refractivity (Wildman–Crippen MR) is 79.5 cm³/mol. The molecule has 0 aliphatic carbocycles. The van der Waals surface area contributed by atoms with Gasteiger partial charge in [-0.25, -0.2) is 4.98 Å². The summed E-state index contributed by atoms with van der Waals surface area (Å²) in [5.74, 6) is 0.561. The standard InChI is InChI=1S/C15H16N2OS/c1-11-7-8-16-14(9-11)17-15(18)10-12-5-3-4-6-13(12)19-2/h3-9H,10H2,1-2H3,(H,16,17,18). The van der Waals surface area contributed by atoms with Gasteiger partial charge in [0.15, 0.2) is 0 Å². The van der Waals surface area contributed by atoms with Crippen LogP contribution >= 0.6 is 11.8 Å². The molecule has 2 aromatic rings. The lowest BCUT2D eigenvalue weighted by molar-refractivity contribution is -0.115. The Kier molecular flexibility index (Phi) is 4.58. The number of amides is 1. The van der Waals surface area contributed by atoms with E-state index in [1.54, 1.807) is 18.0 Å². The number of aromatic nitrogens is 1. The van der Waals surface area contributed by atoms with E-state index in [-0.39, 0.29) is 5.91 Å². The quantitative estimate of drug-likeness (QED) is 0.868. The summed E-state index contributed by atoms with van der Waals surface area (Å²) < 4.78 is 0. The molecule has 1 heterocycles. The zero-order valence-corrected chi connectivity index (χ0v) is 11.8. The summed E-state index contributed by atoms with van der Waals surface area (Å²) >= 11 is 1.65. The van der Waals surface area contributed by atoms with Crippen molar-refractivity contribution in [1.82, 2.24) is 4.98 Å². The first-order valence-electron chi connectivity index (χ1n) is 6.03. The molecule has 4 heteroatoms. The van der Waals surface area contributed by atoms with Crippen LogP contribution in [0.4, 0.5) is 5.82 Å². The second kappa shape index (κ2) is 6.38. The normalized spacial score (nSPS) is 10.2. The highest BCUT2D eigenvalue weighted by atomic mass is 32.2. The molecule has 0 spiro atoms. The number of nitrogens with one attached hydrogen (secondary N) is 1. The minimum Gasteiger partial charge on any atom is -0.310 e. The maximum absolute atomic E-state index is 12.0. The van der Waals surface area contributed by atoms with Crippen molar-refractivity contribution in [1.29, 1.82) is 0 Å². The fourth-order valence-electron chi connectivity index (χ4n) is 1.81. The Morgan fingerprint density at radius 3 is 2.84 bits per heavy atom. The maximum atomic E-state index is 12.0. The number of pyridine rings is 1. The zero-order valence-electron chi connectivity index (χ0n) is 11.0. The smallest absolute Gasteiger partial charge is 0.229 e. The number of carbonyl (C=O) groups is 1. The lowest BCUT2D eigenvalue weighted by atomic mass is 10.1. The van der Waals surface area contributed by atoms with E-state index < -0.39 is 0 Å². The number of aryl methyl sites for hydroxylation is 1. The molecular weight excluding hydrogens is 256 g/mol. The molecule has 0 radical (unpaired) electrons. The predicted octanol–water partition coefficient (Wildman–Crippen LogP) is 3.29. The van der Waals surface area contributed by atoms with E-state index in [0.717, 1.165) is 16.0 Å². The van der Waals surface area contributed by atoms with Gasteiger partial charge >= 0.3 is 0 Å². The summed E-state index contributed by atoms with van der Waals surface area (Å²) in [5, 5.41) is 2.82. The molecule has 0 atom stereocenters. The first-order valence-corrected chi connectivity index (χ1v) is 7.26. The van der Waals surface area contributed by atoms with Crippen LogP contribution in [0.1, 0.15) is 11.1 Å². The summed E-state index contributed by atoms with van der Waals surface area (Å²) in [7, 11) is 0. The number of hydrogen-bond acceptors (Lipinski definition) is 3. The molecule has 2 rings (SSSR count). The van der Waals surface area contributed by atoms with Gasteiger partial charge in [0, 0.05) is 11.1 Å². The molecule has 1 aromatic heterocycles. The van der Waals surface area contributed by atoms with Crippen molar-refractivity contribution in [2.45, 2.75) is 18.2 Å². The Bertz CT molecular complexity index is 584. The average Bonchev–Trinajstić information content (AvgIpc) is 2.39. The third-order valence-corrected chi connectivity index (χ3v) is 3.56. The van der Waals surface area contributed by atoms with Crippen LogP contribution in [0.2, 0.25) is 0 Å². The van der Waals surface area contributed by atoms with Crippen LogP contribution < -0.4 is 5.32 Å². The van der Waals surface area contributed by atoms with E-state index in [2.05, 4.69) is 10.3 Å². The SMILES string of the molecule is CSc1ccccc1CC(=O)Nc1cc(C)ccn1. The highest BCUT2D eigenvalue weighted by molar-refractivity contribution is 7.98. The van der Waals surface area contributed by atoms with E-state index in [0.29, 0.717) is 12.2 Å². The molecule has 19 heavy (non-hydrogen) atoms. The molecule has 1 amide bonds. The topological polar surface area (TPSA) is 42.0 Å². The summed E-state index contributed by atoms with van der Waals surface area (Å²) in [6, 6.07) is 11.7. The van der Waals surface area contributed by atoms with Crippen LogP contribution in [0, 0.1) is 6.92 Å². The Labute approximate surface area is 117 Å². The largest absolute Gasteiger partial charge is 0.310 e. The van der Waals surface area contributed by atoms with Crippen molar-refractivity contribution in [2.75, 3.05) is 11.6 Å². The van der Waals surface area contributed by atoms with Gasteiger partial charge in [-0.05, 0) is 42.5 Å². The molecule has 0 aliphatic heterocycles. The molecule has 1 aromatic carbocycles. The van der Waals surface area contributed by atoms with Gasteiger partial charge in [0.25, 0.3) is 0 Å². The lowest BCUT2D eigenvalue weighted by Gasteiger charge is -2.08. The van der Waals surface area contributed by atoms with E-state index in [4.69, 9.17) is 0 Å². The molecule has 0 fully saturated rings. The van der Waals surface area contributed by atoms with Gasteiger partial charge in [-0.3, -0.25) is 4.79 Å². The molecule has 3 nitrogen and oxygen atoms in total. The van der Waals surface area contributed by atoms with Gasteiger partial charge in [0.2, 0.25) is 5.91 Å². The van der Waals surface area contributed by atoms with Gasteiger partial charge < -0.3 is 5.32 Å². The number of thioether (sulfide) groups is 1. The summed E-state index contributed by atoms with van der Waals surface area (Å²) in [4.78, 5) is 17.3. The second-order valence-electron chi connectivity index (χ2n) is 4.26. The van der Waals surface area contributed by atoms with E-state index in [9.17, 15) is 4.79 Å². The third-order valence-electron chi connectivity index (χ3n) is 2.73. The van der Waals surface area contributed by atoms with E-state index in [1.165, 1.54) is 0 Å². The molecule has 1 N–H and O–H groups in total. The van der Waals surface area contributed by atoms with Crippen LogP contribution in [-0.4, -0.2) is 17.1 Å². The molecule has 0 saturated heterocycles. The number of anilines is 1. The monoisotopic (exact) mass is 272 g/mol. The number of nitrogens with zero attached hydrogens (tertiary/aromatic N) is 1. The molecule has 0 aliphatic rings. The summed E-state index contributed by atoms with van der Waals surface area (Å²) in [5.41, 5.74) is 2.12. The highest BCUT2D eigenvalue weighted by Crippen LogP contribution is 2.20. The van der Waals surface area contributed by atoms with Crippen molar-refractivity contribution < 1.29 is 4.79 Å². The van der Waals surface area contributed by atoms with Gasteiger partial charge in [-0.15, -0.1) is 11.8 Å². The minimum atomic E-state index is -0.0420. The minimum absolute atomic E-state index is 0.0420. The van der Waals surface area contributed by atoms with E-state index >= 15 is 0 Å². The van der Waals surface area contributed by atoms with Crippen LogP contribution in [0.25, 0.3) is 0 Å². The first kappa shape index (κ1) is 13.6. The Hall–Kier alpha value is -1.81. The number of rotatable bonds is 4. The summed E-state index contributed by atoms with van der Waals surface area (Å²) in [6.07, 6.45) is 4.08. The van der Waals surface area contributed by atoms with Crippen molar-refractivity contribution in [3.8, 4) is 0 Å². The Morgan fingerprint density at radius 2 is 2.11 bits per heavy atom. The fraction of sp³-hybridized carbons (Fsp3) is 0.200. The van der Waals surface area contributed by atoms with Crippen molar-refractivity contribution in [3.05, 3.63) is 53.7 Å². The van der Waals surface area contributed by atoms with Gasteiger partial charge in [0.1, 0.15) is 5.82 Å². The van der Waals surface area contributed by atoms with Crippen LogP contribution in [0.5, 0.6) is 0 Å². The van der Waals surface area contributed by atoms with Gasteiger partial charge in [-0.1, -0.05) is 18.2 Å². The average molecular weight is 272 g/mol. The lowest BCUT2D eigenvalue weighted by Crippen LogP contribution is -2.15. The summed E-state index contributed by atoms with van der Waals surface area (Å²) in [6.45, 7) is 1.97. The molecular formula is C15H16N2OS. The van der Waals surface area contributed by atoms with Crippen molar-refractivity contribution >= 4 is 23.5 Å². The second-order valence-corrected chi connectivity index (χ2v) is 5.10. The molecule has 0 saturated carbocycles. The van der Waals surface area contributed by atoms with Crippen molar-refractivity contribution in [2.24, 2.45) is 0 Å². The molecule has 98 valence electrons. The van der Waals surface area contributed by atoms with Crippen LogP contribution in [0.15, 0.2) is 47.5 Å². The maximum Gasteiger partial charge on any atom is 0.229 e.